The summed E-state index contributed by atoms with van der Waals surface area (Å²) in [6.45, 7) is 0. The maximum Gasteiger partial charge on any atom is 0.0157 e. The van der Waals surface area contributed by atoms with E-state index in [0.29, 0.717) is 0 Å². The van der Waals surface area contributed by atoms with E-state index in [4.69, 9.17) is 5.73 Å². The van der Waals surface area contributed by atoms with Gasteiger partial charge in [-0.25, -0.2) is 0 Å². The number of rotatable bonds is 2. The predicted molar refractivity (Wildman–Crippen MR) is 70.5 cm³/mol. The topological polar surface area (TPSA) is 26.0 Å². The normalized spacial score (nSPS) is 51.0. The average molecular weight is 233 g/mol. The Morgan fingerprint density at radius 1 is 0.824 bits per heavy atom. The Labute approximate surface area is 106 Å². The largest absolute Gasteiger partial charge is 0.325 e. The van der Waals surface area contributed by atoms with Crippen LogP contribution in [0.4, 0.5) is 0 Å². The van der Waals surface area contributed by atoms with Gasteiger partial charge in [0.05, 0.1) is 0 Å². The predicted octanol–water partition coefficient (Wildman–Crippen LogP) is 3.72. The molecule has 0 heterocycles. The second-order valence-corrected chi connectivity index (χ2v) is 7.87. The SMILES string of the molecule is NC1(CC2C3CC4CC(C3)CC2C4)CCCC1. The van der Waals surface area contributed by atoms with Gasteiger partial charge >= 0.3 is 0 Å². The molecule has 0 aromatic heterocycles. The third-order valence-electron chi connectivity index (χ3n) is 6.66. The van der Waals surface area contributed by atoms with E-state index in [-0.39, 0.29) is 5.54 Å². The summed E-state index contributed by atoms with van der Waals surface area (Å²) in [6, 6.07) is 0. The summed E-state index contributed by atoms with van der Waals surface area (Å²) in [5, 5.41) is 0. The van der Waals surface area contributed by atoms with Gasteiger partial charge in [-0.1, -0.05) is 12.8 Å². The highest BCUT2D eigenvalue weighted by Gasteiger charge is 2.49. The van der Waals surface area contributed by atoms with Crippen LogP contribution in [0.25, 0.3) is 0 Å². The van der Waals surface area contributed by atoms with Crippen molar-refractivity contribution in [3.05, 3.63) is 0 Å². The second kappa shape index (κ2) is 3.73. The summed E-state index contributed by atoms with van der Waals surface area (Å²) in [5.74, 6) is 5.41. The van der Waals surface area contributed by atoms with Gasteiger partial charge in [-0.15, -0.1) is 0 Å². The van der Waals surface area contributed by atoms with Gasteiger partial charge in [0.25, 0.3) is 0 Å². The van der Waals surface area contributed by atoms with Gasteiger partial charge in [0.1, 0.15) is 0 Å². The molecule has 0 aromatic carbocycles. The Morgan fingerprint density at radius 3 is 1.88 bits per heavy atom. The first-order valence-corrected chi connectivity index (χ1v) is 8.01. The molecule has 0 atom stereocenters. The molecular weight excluding hydrogens is 206 g/mol. The molecule has 5 rings (SSSR count). The lowest BCUT2D eigenvalue weighted by atomic mass is 9.50. The summed E-state index contributed by atoms with van der Waals surface area (Å²) < 4.78 is 0. The Balaban J connectivity index is 1.51. The fourth-order valence-electron chi connectivity index (χ4n) is 6.12. The molecule has 0 unspecified atom stereocenters. The van der Waals surface area contributed by atoms with E-state index in [2.05, 4.69) is 0 Å². The molecule has 1 nitrogen and oxygen atoms in total. The summed E-state index contributed by atoms with van der Waals surface area (Å²) in [4.78, 5) is 0. The quantitative estimate of drug-likeness (QED) is 0.773. The standard InChI is InChI=1S/C16H27N/c17-16(3-1-2-4-16)10-15-13-6-11-5-12(8-13)9-14(15)7-11/h11-15H,1-10,17H2. The minimum Gasteiger partial charge on any atom is -0.325 e. The van der Waals surface area contributed by atoms with E-state index in [9.17, 15) is 0 Å². The van der Waals surface area contributed by atoms with Crippen molar-refractivity contribution in [2.75, 3.05) is 0 Å². The maximum absolute atomic E-state index is 6.64. The van der Waals surface area contributed by atoms with E-state index in [1.165, 1.54) is 32.1 Å². The van der Waals surface area contributed by atoms with Crippen LogP contribution in [0.3, 0.4) is 0 Å². The van der Waals surface area contributed by atoms with Crippen LogP contribution >= 0.6 is 0 Å². The van der Waals surface area contributed by atoms with Crippen LogP contribution in [0, 0.1) is 29.6 Å². The average Bonchev–Trinajstić information content (AvgIpc) is 2.70. The number of hydrogen-bond donors (Lipinski definition) is 1. The molecule has 0 saturated heterocycles. The molecule has 0 aromatic rings. The van der Waals surface area contributed by atoms with Crippen molar-refractivity contribution in [1.29, 1.82) is 0 Å². The third kappa shape index (κ3) is 1.77. The van der Waals surface area contributed by atoms with E-state index in [1.807, 2.05) is 0 Å². The summed E-state index contributed by atoms with van der Waals surface area (Å²) >= 11 is 0. The molecule has 17 heavy (non-hydrogen) atoms. The van der Waals surface area contributed by atoms with E-state index < -0.39 is 0 Å². The first-order valence-electron chi connectivity index (χ1n) is 8.01. The fourth-order valence-corrected chi connectivity index (χ4v) is 6.12. The van der Waals surface area contributed by atoms with Gasteiger partial charge < -0.3 is 5.73 Å². The zero-order valence-electron chi connectivity index (χ0n) is 11.0. The zero-order chi connectivity index (χ0) is 11.5. The van der Waals surface area contributed by atoms with Crippen molar-refractivity contribution in [1.82, 2.24) is 0 Å². The van der Waals surface area contributed by atoms with E-state index in [1.54, 1.807) is 32.1 Å². The monoisotopic (exact) mass is 233 g/mol. The molecule has 5 aliphatic carbocycles. The minimum atomic E-state index is 0.250. The van der Waals surface area contributed by atoms with Crippen molar-refractivity contribution >= 4 is 0 Å². The van der Waals surface area contributed by atoms with Crippen LogP contribution in [-0.4, -0.2) is 5.54 Å². The van der Waals surface area contributed by atoms with E-state index in [0.717, 1.165) is 29.6 Å². The van der Waals surface area contributed by atoms with Crippen LogP contribution in [-0.2, 0) is 0 Å². The molecule has 5 saturated carbocycles. The Hall–Kier alpha value is -0.0400. The molecule has 0 spiro atoms. The molecule has 2 N–H and O–H groups in total. The van der Waals surface area contributed by atoms with Crippen molar-refractivity contribution in [3.63, 3.8) is 0 Å². The van der Waals surface area contributed by atoms with Crippen molar-refractivity contribution in [2.45, 2.75) is 69.7 Å². The lowest BCUT2D eigenvalue weighted by Gasteiger charge is -2.55. The fraction of sp³-hybridized carbons (Fsp3) is 1.00. The maximum atomic E-state index is 6.64. The van der Waals surface area contributed by atoms with Gasteiger partial charge in [-0.2, -0.15) is 0 Å². The summed E-state index contributed by atoms with van der Waals surface area (Å²) in [6.07, 6.45) is 14.6. The highest BCUT2D eigenvalue weighted by atomic mass is 14.8. The Kier molecular flexibility index (Phi) is 2.38. The molecule has 0 radical (unpaired) electrons. The molecule has 5 fully saturated rings. The van der Waals surface area contributed by atoms with E-state index >= 15 is 0 Å². The third-order valence-corrected chi connectivity index (χ3v) is 6.66. The lowest BCUT2D eigenvalue weighted by Crippen LogP contribution is -2.49. The molecule has 0 aliphatic heterocycles. The van der Waals surface area contributed by atoms with Gasteiger partial charge in [0.15, 0.2) is 0 Å². The van der Waals surface area contributed by atoms with Crippen LogP contribution in [0.2, 0.25) is 0 Å². The Morgan fingerprint density at radius 2 is 1.35 bits per heavy atom. The minimum absolute atomic E-state index is 0.250. The van der Waals surface area contributed by atoms with Crippen molar-refractivity contribution < 1.29 is 0 Å². The lowest BCUT2D eigenvalue weighted by molar-refractivity contribution is -0.0476. The highest BCUT2D eigenvalue weighted by Crippen LogP contribution is 2.58. The molecule has 0 amide bonds. The van der Waals surface area contributed by atoms with Gasteiger partial charge in [-0.3, -0.25) is 0 Å². The van der Waals surface area contributed by atoms with Crippen molar-refractivity contribution in [2.24, 2.45) is 35.3 Å². The first-order chi connectivity index (χ1) is 8.22. The van der Waals surface area contributed by atoms with Crippen molar-refractivity contribution in [3.8, 4) is 0 Å². The van der Waals surface area contributed by atoms with Gasteiger partial charge in [-0.05, 0) is 81.0 Å². The van der Waals surface area contributed by atoms with Crippen LogP contribution in [0.1, 0.15) is 64.2 Å². The number of hydrogen-bond acceptors (Lipinski definition) is 1. The Bertz CT molecular complexity index is 275. The summed E-state index contributed by atoms with van der Waals surface area (Å²) in [7, 11) is 0. The molecule has 96 valence electrons. The van der Waals surface area contributed by atoms with Crippen LogP contribution in [0.5, 0.6) is 0 Å². The second-order valence-electron chi connectivity index (χ2n) is 7.87. The molecular formula is C16H27N. The molecule has 4 bridgehead atoms. The zero-order valence-corrected chi connectivity index (χ0v) is 11.0. The van der Waals surface area contributed by atoms with Crippen LogP contribution in [0.15, 0.2) is 0 Å². The summed E-state index contributed by atoms with van der Waals surface area (Å²) in [5.41, 5.74) is 6.89. The smallest absolute Gasteiger partial charge is 0.0157 e. The highest BCUT2D eigenvalue weighted by molar-refractivity contribution is 5.02. The molecule has 1 heteroatoms. The molecule has 5 aliphatic rings. The van der Waals surface area contributed by atoms with Crippen LogP contribution < -0.4 is 5.73 Å². The first kappa shape index (κ1) is 10.8. The van der Waals surface area contributed by atoms with Gasteiger partial charge in [0, 0.05) is 5.54 Å². The number of nitrogens with two attached hydrogens (primary N) is 1. The van der Waals surface area contributed by atoms with Gasteiger partial charge in [0.2, 0.25) is 0 Å².